The second kappa shape index (κ2) is 6.51. The third-order valence-corrected chi connectivity index (χ3v) is 4.70. The summed E-state index contributed by atoms with van der Waals surface area (Å²) in [6, 6.07) is 1.09. The van der Waals surface area contributed by atoms with Gasteiger partial charge in [-0.15, -0.1) is 0 Å². The Morgan fingerprint density at radius 3 is 2.36 bits per heavy atom. The number of aromatic nitrogens is 4. The molecule has 0 aliphatic heterocycles. The topological polar surface area (TPSA) is 98.8 Å². The van der Waals surface area contributed by atoms with Gasteiger partial charge in [0.05, 0.1) is 18.0 Å². The zero-order valence-electron chi connectivity index (χ0n) is 14.8. The molecule has 150 valence electrons. The molecule has 0 fully saturated rings. The number of nitrogens with zero attached hydrogens (tertiary/aromatic N) is 5. The first-order chi connectivity index (χ1) is 12.9. The molecule has 3 heterocycles. The number of hydrogen-bond acceptors (Lipinski definition) is 6. The number of pyridine rings is 1. The van der Waals surface area contributed by atoms with Gasteiger partial charge in [-0.05, 0) is 6.07 Å². The zero-order chi connectivity index (χ0) is 20.9. The van der Waals surface area contributed by atoms with E-state index >= 15 is 0 Å². The fraction of sp³-hybridized carbons (Fsp3) is 0.267. The van der Waals surface area contributed by atoms with Crippen LogP contribution in [-0.2, 0) is 17.2 Å². The summed E-state index contributed by atoms with van der Waals surface area (Å²) >= 11 is 0. The molecule has 0 unspecified atom stereocenters. The van der Waals surface area contributed by atoms with Gasteiger partial charge in [0.1, 0.15) is 5.52 Å². The van der Waals surface area contributed by atoms with Crippen LogP contribution in [0.1, 0.15) is 10.4 Å². The summed E-state index contributed by atoms with van der Waals surface area (Å²) in [6.45, 7) is 0. The van der Waals surface area contributed by atoms with E-state index in [1.807, 2.05) is 0 Å². The standard InChI is InChI=1S/C15H14F3N5O4S/c1-21(2)14(24)11-6-20-23-8-9(10-5-19-22(3)7-10)4-12(13(11)23)27-28(25,26)15(16,17)18/h4-8H,1-3H3. The molecule has 3 aromatic rings. The zero-order valence-corrected chi connectivity index (χ0v) is 15.6. The average Bonchev–Trinajstić information content (AvgIpc) is 3.18. The first kappa shape index (κ1) is 19.7. The van der Waals surface area contributed by atoms with E-state index in [1.165, 1.54) is 36.1 Å². The van der Waals surface area contributed by atoms with E-state index in [0.717, 1.165) is 16.8 Å². The van der Waals surface area contributed by atoms with Gasteiger partial charge < -0.3 is 9.08 Å². The summed E-state index contributed by atoms with van der Waals surface area (Å²) in [4.78, 5) is 13.5. The maximum atomic E-state index is 12.8. The molecule has 0 aromatic carbocycles. The van der Waals surface area contributed by atoms with Crippen molar-refractivity contribution in [2.24, 2.45) is 7.05 Å². The number of rotatable bonds is 4. The fourth-order valence-corrected chi connectivity index (χ4v) is 2.90. The van der Waals surface area contributed by atoms with Gasteiger partial charge in [0.25, 0.3) is 5.91 Å². The van der Waals surface area contributed by atoms with Crippen molar-refractivity contribution >= 4 is 21.5 Å². The second-order valence-corrected chi connectivity index (χ2v) is 7.57. The van der Waals surface area contributed by atoms with Crippen LogP contribution in [0.2, 0.25) is 0 Å². The largest absolute Gasteiger partial charge is 0.534 e. The van der Waals surface area contributed by atoms with Crippen LogP contribution in [0.5, 0.6) is 5.75 Å². The molecule has 0 atom stereocenters. The molecule has 0 saturated carbocycles. The van der Waals surface area contributed by atoms with Crippen molar-refractivity contribution in [2.45, 2.75) is 5.51 Å². The highest BCUT2D eigenvalue weighted by Gasteiger charge is 2.49. The van der Waals surface area contributed by atoms with Gasteiger partial charge in [-0.25, -0.2) is 4.52 Å². The van der Waals surface area contributed by atoms with Crippen molar-refractivity contribution < 1.29 is 30.6 Å². The predicted octanol–water partition coefficient (Wildman–Crippen LogP) is 1.66. The molecule has 0 saturated heterocycles. The maximum absolute atomic E-state index is 12.8. The number of fused-ring (bicyclic) bond motifs is 1. The number of alkyl halides is 3. The molecular weight excluding hydrogens is 403 g/mol. The van der Waals surface area contributed by atoms with E-state index in [9.17, 15) is 26.4 Å². The highest BCUT2D eigenvalue weighted by atomic mass is 32.2. The molecule has 9 nitrogen and oxygen atoms in total. The molecule has 0 aliphatic carbocycles. The smallest absolute Gasteiger partial charge is 0.374 e. The minimum Gasteiger partial charge on any atom is -0.374 e. The van der Waals surface area contributed by atoms with Gasteiger partial charge in [0, 0.05) is 44.7 Å². The number of aryl methyl sites for hydroxylation is 1. The molecule has 1 amide bonds. The van der Waals surface area contributed by atoms with Crippen LogP contribution in [-0.4, -0.2) is 58.2 Å². The molecule has 3 aromatic heterocycles. The lowest BCUT2D eigenvalue weighted by Gasteiger charge is -2.14. The normalized spacial score (nSPS) is 12.4. The maximum Gasteiger partial charge on any atom is 0.534 e. The molecular formula is C15H14F3N5O4S. The molecule has 0 radical (unpaired) electrons. The van der Waals surface area contributed by atoms with Crippen LogP contribution in [0, 0.1) is 0 Å². The van der Waals surface area contributed by atoms with Crippen molar-refractivity contribution in [3.63, 3.8) is 0 Å². The summed E-state index contributed by atoms with van der Waals surface area (Å²) in [6.07, 6.45) is 5.54. The van der Waals surface area contributed by atoms with E-state index in [-0.39, 0.29) is 11.1 Å². The van der Waals surface area contributed by atoms with Crippen LogP contribution in [0.3, 0.4) is 0 Å². The summed E-state index contributed by atoms with van der Waals surface area (Å²) in [7, 11) is -1.46. The first-order valence-electron chi connectivity index (χ1n) is 7.63. The molecule has 0 aliphatic rings. The van der Waals surface area contributed by atoms with Gasteiger partial charge >= 0.3 is 15.6 Å². The highest BCUT2D eigenvalue weighted by Crippen LogP contribution is 2.34. The lowest BCUT2D eigenvalue weighted by Crippen LogP contribution is -2.28. The Bertz CT molecular complexity index is 1160. The van der Waals surface area contributed by atoms with E-state index in [4.69, 9.17) is 0 Å². The highest BCUT2D eigenvalue weighted by molar-refractivity contribution is 7.88. The molecule has 0 spiro atoms. The van der Waals surface area contributed by atoms with E-state index in [1.54, 1.807) is 13.2 Å². The summed E-state index contributed by atoms with van der Waals surface area (Å²) in [5.74, 6) is -1.26. The van der Waals surface area contributed by atoms with Gasteiger partial charge in [-0.3, -0.25) is 9.48 Å². The molecule has 0 N–H and O–H groups in total. The summed E-state index contributed by atoms with van der Waals surface area (Å²) in [5, 5.41) is 7.91. The number of halogens is 3. The predicted molar refractivity (Wildman–Crippen MR) is 91.0 cm³/mol. The van der Waals surface area contributed by atoms with Crippen molar-refractivity contribution in [3.8, 4) is 16.9 Å². The Morgan fingerprint density at radius 2 is 1.82 bits per heavy atom. The number of amides is 1. The first-order valence-corrected chi connectivity index (χ1v) is 9.04. The minimum absolute atomic E-state index is 0.116. The Kier molecular flexibility index (Phi) is 4.57. The van der Waals surface area contributed by atoms with Crippen LogP contribution in [0.15, 0.2) is 30.9 Å². The van der Waals surface area contributed by atoms with E-state index in [2.05, 4.69) is 14.4 Å². The number of carbonyl (C=O) groups is 1. The van der Waals surface area contributed by atoms with Gasteiger partial charge in [0.2, 0.25) is 0 Å². The van der Waals surface area contributed by atoms with Crippen LogP contribution < -0.4 is 4.18 Å². The minimum atomic E-state index is -5.96. The van der Waals surface area contributed by atoms with E-state index in [0.29, 0.717) is 11.1 Å². The Balaban J connectivity index is 2.27. The Labute approximate surface area is 157 Å². The lowest BCUT2D eigenvalue weighted by atomic mass is 10.1. The average molecular weight is 417 g/mol. The van der Waals surface area contributed by atoms with E-state index < -0.39 is 27.3 Å². The van der Waals surface area contributed by atoms with Crippen LogP contribution in [0.25, 0.3) is 16.6 Å². The Morgan fingerprint density at radius 1 is 1.14 bits per heavy atom. The van der Waals surface area contributed by atoms with Gasteiger partial charge in [0.15, 0.2) is 5.75 Å². The molecule has 3 rings (SSSR count). The number of carbonyl (C=O) groups excluding carboxylic acids is 1. The van der Waals surface area contributed by atoms with Crippen molar-refractivity contribution in [3.05, 3.63) is 36.4 Å². The fourth-order valence-electron chi connectivity index (χ4n) is 2.44. The van der Waals surface area contributed by atoms with Crippen LogP contribution in [0.4, 0.5) is 13.2 Å². The van der Waals surface area contributed by atoms with Gasteiger partial charge in [-0.1, -0.05) is 0 Å². The third-order valence-electron chi connectivity index (χ3n) is 3.73. The quantitative estimate of drug-likeness (QED) is 0.473. The summed E-state index contributed by atoms with van der Waals surface area (Å²) < 4.78 is 68.5. The van der Waals surface area contributed by atoms with Crippen molar-refractivity contribution in [2.75, 3.05) is 14.1 Å². The SMILES string of the molecule is CN(C)C(=O)c1cnn2cc(-c3cnn(C)c3)cc(OS(=O)(=O)C(F)(F)F)c12. The lowest BCUT2D eigenvalue weighted by molar-refractivity contribution is -0.0499. The third kappa shape index (κ3) is 3.40. The molecule has 0 bridgehead atoms. The van der Waals surface area contributed by atoms with Crippen molar-refractivity contribution in [1.29, 1.82) is 0 Å². The number of hydrogen-bond donors (Lipinski definition) is 0. The van der Waals surface area contributed by atoms with Gasteiger partial charge in [-0.2, -0.15) is 31.8 Å². The van der Waals surface area contributed by atoms with Crippen LogP contribution >= 0.6 is 0 Å². The molecule has 28 heavy (non-hydrogen) atoms. The second-order valence-electron chi connectivity index (χ2n) is 6.03. The monoisotopic (exact) mass is 417 g/mol. The van der Waals surface area contributed by atoms with Crippen molar-refractivity contribution in [1.82, 2.24) is 24.3 Å². The molecule has 13 heteroatoms. The Hall–Kier alpha value is -3.09. The summed E-state index contributed by atoms with van der Waals surface area (Å²) in [5.41, 5.74) is -5.19.